The minimum atomic E-state index is -0.183. The molecule has 0 radical (unpaired) electrons. The molecule has 0 saturated heterocycles. The number of methoxy groups -OCH3 is 1. The summed E-state index contributed by atoms with van der Waals surface area (Å²) in [5, 5.41) is 9.27. The number of ether oxygens (including phenoxy) is 1. The largest absolute Gasteiger partial charge is 0.393 e. The van der Waals surface area contributed by atoms with Crippen molar-refractivity contribution in [1.82, 2.24) is 0 Å². The second kappa shape index (κ2) is 6.39. The van der Waals surface area contributed by atoms with Gasteiger partial charge in [0.25, 0.3) is 0 Å². The van der Waals surface area contributed by atoms with Crippen molar-refractivity contribution >= 4 is 0 Å². The Morgan fingerprint density at radius 3 is 2.38 bits per heavy atom. The highest BCUT2D eigenvalue weighted by Crippen LogP contribution is 2.28. The standard InChI is InChI=1S/C11H24O2/c1-10(12)9-11(2,3)7-5-6-8-13-4/h10,12H,5-9H2,1-4H3. The second-order valence-corrected chi connectivity index (χ2v) is 4.67. The third-order valence-corrected chi connectivity index (χ3v) is 2.30. The van der Waals surface area contributed by atoms with Crippen molar-refractivity contribution in [1.29, 1.82) is 0 Å². The van der Waals surface area contributed by atoms with Gasteiger partial charge in [0.05, 0.1) is 6.10 Å². The summed E-state index contributed by atoms with van der Waals surface area (Å²) >= 11 is 0. The van der Waals surface area contributed by atoms with E-state index in [0.717, 1.165) is 19.4 Å². The van der Waals surface area contributed by atoms with Crippen molar-refractivity contribution in [2.75, 3.05) is 13.7 Å². The SMILES string of the molecule is COCCCCC(C)(C)CC(C)O. The molecule has 13 heavy (non-hydrogen) atoms. The number of hydrogen-bond donors (Lipinski definition) is 1. The van der Waals surface area contributed by atoms with E-state index in [1.54, 1.807) is 7.11 Å². The summed E-state index contributed by atoms with van der Waals surface area (Å²) < 4.78 is 4.99. The highest BCUT2D eigenvalue weighted by atomic mass is 16.5. The number of rotatable bonds is 7. The zero-order chi connectivity index (χ0) is 10.3. The van der Waals surface area contributed by atoms with E-state index >= 15 is 0 Å². The number of aliphatic hydroxyl groups is 1. The van der Waals surface area contributed by atoms with Crippen molar-refractivity contribution in [3.63, 3.8) is 0 Å². The molecule has 0 aromatic rings. The third kappa shape index (κ3) is 8.26. The molecule has 0 aliphatic rings. The zero-order valence-electron chi connectivity index (χ0n) is 9.47. The molecule has 1 unspecified atom stereocenters. The lowest BCUT2D eigenvalue weighted by molar-refractivity contribution is 0.119. The summed E-state index contributed by atoms with van der Waals surface area (Å²) in [6.45, 7) is 7.14. The molecule has 0 bridgehead atoms. The smallest absolute Gasteiger partial charge is 0.0517 e. The molecule has 0 amide bonds. The van der Waals surface area contributed by atoms with Gasteiger partial charge >= 0.3 is 0 Å². The second-order valence-electron chi connectivity index (χ2n) is 4.67. The molecule has 1 atom stereocenters. The topological polar surface area (TPSA) is 29.5 Å². The van der Waals surface area contributed by atoms with Crippen LogP contribution in [0, 0.1) is 5.41 Å². The minimum absolute atomic E-state index is 0.183. The maximum absolute atomic E-state index is 9.27. The first-order valence-corrected chi connectivity index (χ1v) is 5.15. The predicted molar refractivity (Wildman–Crippen MR) is 55.8 cm³/mol. The van der Waals surface area contributed by atoms with Gasteiger partial charge in [-0.1, -0.05) is 20.3 Å². The van der Waals surface area contributed by atoms with Crippen LogP contribution < -0.4 is 0 Å². The Hall–Kier alpha value is -0.0800. The summed E-state index contributed by atoms with van der Waals surface area (Å²) in [5.41, 5.74) is 0.266. The molecule has 2 heteroatoms. The molecule has 0 aromatic heterocycles. The molecule has 0 heterocycles. The molecule has 2 nitrogen and oxygen atoms in total. The Kier molecular flexibility index (Phi) is 6.35. The maximum Gasteiger partial charge on any atom is 0.0517 e. The summed E-state index contributed by atoms with van der Waals surface area (Å²) in [6, 6.07) is 0. The molecule has 0 fully saturated rings. The average molecular weight is 188 g/mol. The Morgan fingerprint density at radius 1 is 1.31 bits per heavy atom. The molecular weight excluding hydrogens is 164 g/mol. The Balaban J connectivity index is 3.50. The van der Waals surface area contributed by atoms with Crippen LogP contribution in [0.4, 0.5) is 0 Å². The highest BCUT2D eigenvalue weighted by molar-refractivity contribution is 4.71. The van der Waals surface area contributed by atoms with Crippen LogP contribution in [0.1, 0.15) is 46.5 Å². The van der Waals surface area contributed by atoms with Crippen LogP contribution in [-0.2, 0) is 4.74 Å². The molecule has 0 rings (SSSR count). The van der Waals surface area contributed by atoms with Gasteiger partial charge in [0.1, 0.15) is 0 Å². The van der Waals surface area contributed by atoms with E-state index in [1.807, 2.05) is 6.92 Å². The quantitative estimate of drug-likeness (QED) is 0.622. The lowest BCUT2D eigenvalue weighted by Crippen LogP contribution is -2.18. The molecule has 0 aromatic carbocycles. The predicted octanol–water partition coefficient (Wildman–Crippen LogP) is 2.60. The van der Waals surface area contributed by atoms with Gasteiger partial charge in [-0.25, -0.2) is 0 Å². The Bertz CT molecular complexity index is 119. The summed E-state index contributed by atoms with van der Waals surface area (Å²) in [4.78, 5) is 0. The van der Waals surface area contributed by atoms with Crippen molar-refractivity contribution < 1.29 is 9.84 Å². The van der Waals surface area contributed by atoms with Crippen LogP contribution in [0.3, 0.4) is 0 Å². The van der Waals surface area contributed by atoms with E-state index in [2.05, 4.69) is 13.8 Å². The lowest BCUT2D eigenvalue weighted by atomic mass is 9.82. The summed E-state index contributed by atoms with van der Waals surface area (Å²) in [7, 11) is 1.74. The van der Waals surface area contributed by atoms with Crippen LogP contribution in [0.15, 0.2) is 0 Å². The first-order valence-electron chi connectivity index (χ1n) is 5.15. The van der Waals surface area contributed by atoms with E-state index in [4.69, 9.17) is 4.74 Å². The number of hydrogen-bond acceptors (Lipinski definition) is 2. The average Bonchev–Trinajstić information content (AvgIpc) is 1.95. The summed E-state index contributed by atoms with van der Waals surface area (Å²) in [5.74, 6) is 0. The maximum atomic E-state index is 9.27. The fraction of sp³-hybridized carbons (Fsp3) is 1.00. The van der Waals surface area contributed by atoms with Gasteiger partial charge in [0, 0.05) is 13.7 Å². The van der Waals surface area contributed by atoms with Crippen molar-refractivity contribution in [2.45, 2.75) is 52.6 Å². The van der Waals surface area contributed by atoms with Gasteiger partial charge in [-0.3, -0.25) is 0 Å². The van der Waals surface area contributed by atoms with Crippen LogP contribution in [-0.4, -0.2) is 24.9 Å². The molecule has 1 N–H and O–H groups in total. The van der Waals surface area contributed by atoms with Crippen molar-refractivity contribution in [3.8, 4) is 0 Å². The fourth-order valence-electron chi connectivity index (χ4n) is 1.75. The van der Waals surface area contributed by atoms with Crippen LogP contribution in [0.25, 0.3) is 0 Å². The van der Waals surface area contributed by atoms with Gasteiger partial charge in [0.15, 0.2) is 0 Å². The first-order chi connectivity index (χ1) is 5.98. The third-order valence-electron chi connectivity index (χ3n) is 2.30. The first kappa shape index (κ1) is 12.9. The van der Waals surface area contributed by atoms with Gasteiger partial charge in [-0.2, -0.15) is 0 Å². The Morgan fingerprint density at radius 2 is 1.92 bits per heavy atom. The van der Waals surface area contributed by atoms with E-state index in [0.29, 0.717) is 0 Å². The molecule has 80 valence electrons. The van der Waals surface area contributed by atoms with E-state index < -0.39 is 0 Å². The molecule has 0 saturated carbocycles. The van der Waals surface area contributed by atoms with Crippen LogP contribution >= 0.6 is 0 Å². The number of unbranched alkanes of at least 4 members (excludes halogenated alkanes) is 1. The normalized spacial score (nSPS) is 14.5. The van der Waals surface area contributed by atoms with Gasteiger partial charge in [-0.05, 0) is 31.6 Å². The monoisotopic (exact) mass is 188 g/mol. The van der Waals surface area contributed by atoms with E-state index in [9.17, 15) is 5.11 Å². The lowest BCUT2D eigenvalue weighted by Gasteiger charge is -2.25. The Labute approximate surface area is 82.3 Å². The zero-order valence-corrected chi connectivity index (χ0v) is 9.47. The van der Waals surface area contributed by atoms with Crippen LogP contribution in [0.2, 0.25) is 0 Å². The highest BCUT2D eigenvalue weighted by Gasteiger charge is 2.19. The molecular formula is C11H24O2. The van der Waals surface area contributed by atoms with Gasteiger partial charge < -0.3 is 9.84 Å². The minimum Gasteiger partial charge on any atom is -0.393 e. The van der Waals surface area contributed by atoms with E-state index in [1.165, 1.54) is 12.8 Å². The molecule has 0 aliphatic heterocycles. The van der Waals surface area contributed by atoms with Crippen molar-refractivity contribution in [3.05, 3.63) is 0 Å². The van der Waals surface area contributed by atoms with Crippen molar-refractivity contribution in [2.24, 2.45) is 5.41 Å². The van der Waals surface area contributed by atoms with Gasteiger partial charge in [-0.15, -0.1) is 0 Å². The number of aliphatic hydroxyl groups excluding tert-OH is 1. The molecule has 0 spiro atoms. The molecule has 0 aliphatic carbocycles. The van der Waals surface area contributed by atoms with Crippen LogP contribution in [0.5, 0.6) is 0 Å². The van der Waals surface area contributed by atoms with E-state index in [-0.39, 0.29) is 11.5 Å². The van der Waals surface area contributed by atoms with Gasteiger partial charge in [0.2, 0.25) is 0 Å². The fourth-order valence-corrected chi connectivity index (χ4v) is 1.75. The summed E-state index contributed by atoms with van der Waals surface area (Å²) in [6.07, 6.45) is 4.19.